The van der Waals surface area contributed by atoms with Crippen LogP contribution in [0.15, 0.2) is 30.3 Å². The second kappa shape index (κ2) is 7.43. The number of rotatable bonds is 4. The number of quaternary nitrogens is 1. The van der Waals surface area contributed by atoms with Gasteiger partial charge in [0.1, 0.15) is 11.1 Å². The molecular weight excluding hydrogens is 362 g/mol. The third kappa shape index (κ3) is 3.69. The van der Waals surface area contributed by atoms with Gasteiger partial charge in [-0.2, -0.15) is 0 Å². The van der Waals surface area contributed by atoms with Crippen LogP contribution in [0.2, 0.25) is 0 Å². The van der Waals surface area contributed by atoms with E-state index in [1.807, 2.05) is 30.3 Å². The van der Waals surface area contributed by atoms with E-state index in [-0.39, 0.29) is 5.91 Å². The van der Waals surface area contributed by atoms with Gasteiger partial charge in [0.2, 0.25) is 6.17 Å². The van der Waals surface area contributed by atoms with Gasteiger partial charge in [0, 0.05) is 18.5 Å². The summed E-state index contributed by atoms with van der Waals surface area (Å²) in [7, 11) is 0. The van der Waals surface area contributed by atoms with Crippen LogP contribution in [0, 0.1) is 0 Å². The lowest BCUT2D eigenvalue weighted by atomic mass is 9.86. The molecule has 2 aliphatic rings. The Morgan fingerprint density at radius 2 is 1.82 bits per heavy atom. The first kappa shape index (κ1) is 20.1. The molecule has 2 saturated heterocycles. The molecule has 1 spiro atoms. The highest BCUT2D eigenvalue weighted by molar-refractivity contribution is 6.01. The van der Waals surface area contributed by atoms with E-state index in [1.165, 1.54) is 0 Å². The lowest BCUT2D eigenvalue weighted by Crippen LogP contribution is -2.89. The smallest absolute Gasteiger partial charge is 0.350 e. The van der Waals surface area contributed by atoms with Gasteiger partial charge in [0.05, 0.1) is 25.6 Å². The third-order valence-corrected chi connectivity index (χ3v) is 5.14. The van der Waals surface area contributed by atoms with Gasteiger partial charge >= 0.3 is 5.97 Å². The lowest BCUT2D eigenvalue weighted by Gasteiger charge is -2.40. The molecule has 152 valence electrons. The van der Waals surface area contributed by atoms with Crippen molar-refractivity contribution in [2.45, 2.75) is 50.9 Å². The van der Waals surface area contributed by atoms with E-state index in [0.717, 1.165) is 18.0 Å². The molecule has 1 aromatic carbocycles. The first-order chi connectivity index (χ1) is 13.2. The monoisotopic (exact) mass is 389 g/mol. The number of hydrogen-bond acceptors (Lipinski definition) is 6. The molecule has 8 heteroatoms. The highest BCUT2D eigenvalue weighted by Gasteiger charge is 2.61. The highest BCUT2D eigenvalue weighted by Crippen LogP contribution is 2.41. The van der Waals surface area contributed by atoms with Crippen molar-refractivity contribution < 1.29 is 29.5 Å². The van der Waals surface area contributed by atoms with Crippen LogP contribution in [0.3, 0.4) is 0 Å². The van der Waals surface area contributed by atoms with Gasteiger partial charge in [-0.25, -0.2) is 4.79 Å². The van der Waals surface area contributed by atoms with E-state index in [2.05, 4.69) is 5.32 Å². The number of benzene rings is 1. The zero-order valence-electron chi connectivity index (χ0n) is 16.5. The molecule has 0 aliphatic carbocycles. The number of para-hydroxylation sites is 1. The van der Waals surface area contributed by atoms with Gasteiger partial charge in [-0.3, -0.25) is 4.79 Å². The molecule has 1 aromatic rings. The number of carbonyl (C=O) groups excluding carboxylic acids is 3. The fourth-order valence-corrected chi connectivity index (χ4v) is 4.12. The zero-order valence-corrected chi connectivity index (χ0v) is 16.5. The molecule has 3 rings (SSSR count). The number of esters is 1. The molecule has 0 bridgehead atoms. The van der Waals surface area contributed by atoms with Crippen molar-refractivity contribution in [3.8, 4) is 0 Å². The second-order valence-electron chi connectivity index (χ2n) is 8.32. The van der Waals surface area contributed by atoms with Gasteiger partial charge in [-0.05, 0) is 32.9 Å². The predicted molar refractivity (Wildman–Crippen MR) is 98.9 cm³/mol. The number of nitrogens with two attached hydrogens (primary N) is 1. The van der Waals surface area contributed by atoms with Crippen LogP contribution in [0.5, 0.6) is 0 Å². The summed E-state index contributed by atoms with van der Waals surface area (Å²) < 4.78 is 5.57. The van der Waals surface area contributed by atoms with Crippen LogP contribution in [0.4, 0.5) is 5.69 Å². The van der Waals surface area contributed by atoms with Crippen LogP contribution in [0.25, 0.3) is 0 Å². The van der Waals surface area contributed by atoms with Crippen LogP contribution in [-0.2, 0) is 19.1 Å². The molecular formula is C20H27N3O5. The molecule has 28 heavy (non-hydrogen) atoms. The topological polar surface area (TPSA) is 107 Å². The Balaban J connectivity index is 2.12. The number of nitrogens with zero attached hydrogens (tertiary/aromatic N) is 2. The third-order valence-electron chi connectivity index (χ3n) is 5.14. The van der Waals surface area contributed by atoms with Gasteiger partial charge in [0.25, 0.3) is 5.91 Å². The van der Waals surface area contributed by atoms with Crippen LogP contribution >= 0.6 is 0 Å². The van der Waals surface area contributed by atoms with E-state index < -0.39 is 35.8 Å². The normalized spacial score (nSPS) is 21.8. The number of anilines is 1. The average Bonchev–Trinajstić information content (AvgIpc) is 2.84. The van der Waals surface area contributed by atoms with Crippen molar-refractivity contribution in [1.82, 2.24) is 4.90 Å². The van der Waals surface area contributed by atoms with E-state index in [1.54, 1.807) is 25.7 Å². The summed E-state index contributed by atoms with van der Waals surface area (Å²) in [5.74, 6) is -2.41. The summed E-state index contributed by atoms with van der Waals surface area (Å²) in [5, 5.41) is 13.5. The minimum atomic E-state index is -1.41. The lowest BCUT2D eigenvalue weighted by molar-refractivity contribution is -0.664. The maximum atomic E-state index is 13.5. The number of carboxylic acids is 1. The Hall–Kier alpha value is -2.61. The molecule has 1 amide bonds. The molecule has 1 atom stereocenters. The number of ether oxygens (including phenoxy) is 1. The number of amides is 1. The Morgan fingerprint density at radius 1 is 1.21 bits per heavy atom. The summed E-state index contributed by atoms with van der Waals surface area (Å²) in [4.78, 5) is 40.8. The summed E-state index contributed by atoms with van der Waals surface area (Å²) in [6.07, 6.45) is -0.113. The molecule has 2 fully saturated rings. The molecule has 0 aromatic heterocycles. The molecule has 2 N–H and O–H groups in total. The zero-order chi connectivity index (χ0) is 20.5. The number of carboxylic acid groups (broad SMARTS) is 1. The molecule has 8 nitrogen and oxygen atoms in total. The maximum Gasteiger partial charge on any atom is 0.350 e. The quantitative estimate of drug-likeness (QED) is 0.652. The first-order valence-electron chi connectivity index (χ1n) is 9.55. The molecule has 2 aliphatic heterocycles. The van der Waals surface area contributed by atoms with Crippen LogP contribution < -0.4 is 15.3 Å². The summed E-state index contributed by atoms with van der Waals surface area (Å²) in [5.41, 5.74) is -1.05. The Bertz CT molecular complexity index is 753. The Kier molecular flexibility index (Phi) is 5.34. The fraction of sp³-hybridized carbons (Fsp3) is 0.550. The van der Waals surface area contributed by atoms with Crippen LogP contribution in [0.1, 0.15) is 33.6 Å². The number of aliphatic carboxylic acids is 1. The molecule has 0 radical (unpaired) electrons. The van der Waals surface area contributed by atoms with E-state index in [0.29, 0.717) is 18.5 Å². The van der Waals surface area contributed by atoms with Crippen LogP contribution in [-0.4, -0.2) is 59.7 Å². The summed E-state index contributed by atoms with van der Waals surface area (Å²) in [6.45, 7) is 6.00. The maximum absolute atomic E-state index is 13.5. The van der Waals surface area contributed by atoms with Gasteiger partial charge < -0.3 is 29.8 Å². The van der Waals surface area contributed by atoms with Crippen molar-refractivity contribution in [1.29, 1.82) is 0 Å². The number of piperidine rings is 1. The minimum Gasteiger partial charge on any atom is -0.548 e. The second-order valence-corrected chi connectivity index (χ2v) is 8.32. The van der Waals surface area contributed by atoms with Gasteiger partial charge in [0.15, 0.2) is 0 Å². The van der Waals surface area contributed by atoms with Crippen molar-refractivity contribution in [3.63, 3.8) is 0 Å². The van der Waals surface area contributed by atoms with Crippen molar-refractivity contribution in [3.05, 3.63) is 30.3 Å². The Morgan fingerprint density at radius 3 is 2.36 bits per heavy atom. The standard InChI is InChI=1S/C20H27N3O5/c1-19(2,3)28-17(26)16-22(13-15(24)25)18(27)20(9-11-21-12-10-20)23(16)14-7-5-4-6-8-14/h4-8,16,21H,9-13H2,1-3H3,(H,24,25)/t16-/m0/s1. The molecule has 2 heterocycles. The van der Waals surface area contributed by atoms with Gasteiger partial charge in [-0.15, -0.1) is 0 Å². The number of hydrogen-bond donors (Lipinski definition) is 1. The Labute approximate surface area is 164 Å². The number of carbonyl (C=O) groups is 3. The predicted octanol–water partition coefficient (Wildman–Crippen LogP) is -1.15. The van der Waals surface area contributed by atoms with Crippen molar-refractivity contribution in [2.24, 2.45) is 0 Å². The average molecular weight is 389 g/mol. The van der Waals surface area contributed by atoms with Gasteiger partial charge in [-0.1, -0.05) is 18.2 Å². The molecule has 0 saturated carbocycles. The largest absolute Gasteiger partial charge is 0.548 e. The minimum absolute atomic E-state index is 0.357. The van der Waals surface area contributed by atoms with E-state index in [4.69, 9.17) is 4.74 Å². The van der Waals surface area contributed by atoms with Crippen molar-refractivity contribution >= 4 is 23.5 Å². The van der Waals surface area contributed by atoms with E-state index >= 15 is 0 Å². The summed E-state index contributed by atoms with van der Waals surface area (Å²) in [6, 6.07) is 9.16. The SMILES string of the molecule is CC(C)(C)OC(=O)[C@H]1N(CC(=O)[O-])C(=O)C2(CC[NH2+]CC2)N1c1ccccc1. The first-order valence-corrected chi connectivity index (χ1v) is 9.55. The highest BCUT2D eigenvalue weighted by atomic mass is 16.6. The molecule has 0 unspecified atom stereocenters. The summed E-state index contributed by atoms with van der Waals surface area (Å²) >= 11 is 0. The fourth-order valence-electron chi connectivity index (χ4n) is 4.12. The van der Waals surface area contributed by atoms with Crippen molar-refractivity contribution in [2.75, 3.05) is 24.5 Å². The van der Waals surface area contributed by atoms with E-state index in [9.17, 15) is 19.5 Å².